The lowest BCUT2D eigenvalue weighted by atomic mass is 10.1. The number of rotatable bonds is 5. The highest BCUT2D eigenvalue weighted by molar-refractivity contribution is 5.87. The van der Waals surface area contributed by atoms with Crippen LogP contribution in [-0.4, -0.2) is 24.0 Å². The normalized spacial score (nSPS) is 11.0. The quantitative estimate of drug-likeness (QED) is 0.248. The number of hydrogen-bond donors (Lipinski definition) is 2. The zero-order chi connectivity index (χ0) is 10.9. The van der Waals surface area contributed by atoms with Gasteiger partial charge in [-0.3, -0.25) is 5.32 Å². The molecule has 1 aromatic rings. The minimum atomic E-state index is 0.258. The predicted molar refractivity (Wildman–Crippen MR) is 57.9 cm³/mol. The summed E-state index contributed by atoms with van der Waals surface area (Å²) < 4.78 is 0. The van der Waals surface area contributed by atoms with Gasteiger partial charge < -0.3 is 5.21 Å². The van der Waals surface area contributed by atoms with Crippen molar-refractivity contribution in [3.8, 4) is 6.07 Å². The van der Waals surface area contributed by atoms with Gasteiger partial charge in [-0.15, -0.1) is 0 Å². The van der Waals surface area contributed by atoms with Gasteiger partial charge in [0.25, 0.3) is 0 Å². The summed E-state index contributed by atoms with van der Waals surface area (Å²) >= 11 is 0. The molecule has 0 spiro atoms. The van der Waals surface area contributed by atoms with Gasteiger partial charge in [-0.05, 0) is 5.56 Å². The maximum Gasteiger partial charge on any atom is 0.0844 e. The number of nitrogens with one attached hydrogen (secondary N) is 1. The van der Waals surface area contributed by atoms with E-state index < -0.39 is 0 Å². The van der Waals surface area contributed by atoms with Gasteiger partial charge in [0, 0.05) is 13.0 Å². The lowest BCUT2D eigenvalue weighted by Crippen LogP contribution is -2.24. The molecular weight excluding hydrogens is 190 g/mol. The summed E-state index contributed by atoms with van der Waals surface area (Å²) in [6.07, 6.45) is 0.593. The Hall–Kier alpha value is -1.86. The Labute approximate surface area is 88.8 Å². The fourth-order valence-electron chi connectivity index (χ4n) is 1.23. The summed E-state index contributed by atoms with van der Waals surface area (Å²) in [5, 5.41) is 23.1. The molecule has 4 nitrogen and oxygen atoms in total. The molecule has 0 aliphatic rings. The van der Waals surface area contributed by atoms with Crippen molar-refractivity contribution in [3.63, 3.8) is 0 Å². The maximum absolute atomic E-state index is 8.75. The lowest BCUT2D eigenvalue weighted by molar-refractivity contribution is 0.317. The lowest BCUT2D eigenvalue weighted by Gasteiger charge is -2.04. The molecule has 0 fully saturated rings. The first-order valence-electron chi connectivity index (χ1n) is 4.68. The van der Waals surface area contributed by atoms with Crippen LogP contribution in [0.25, 0.3) is 0 Å². The van der Waals surface area contributed by atoms with Crippen LogP contribution in [0.1, 0.15) is 5.56 Å². The van der Waals surface area contributed by atoms with E-state index in [9.17, 15) is 0 Å². The zero-order valence-electron chi connectivity index (χ0n) is 8.35. The third kappa shape index (κ3) is 4.25. The average molecular weight is 203 g/mol. The van der Waals surface area contributed by atoms with E-state index in [0.29, 0.717) is 18.7 Å². The van der Waals surface area contributed by atoms with Crippen molar-refractivity contribution in [1.29, 1.82) is 5.26 Å². The summed E-state index contributed by atoms with van der Waals surface area (Å²) in [5.41, 5.74) is 1.71. The number of benzene rings is 1. The molecule has 1 rings (SSSR count). The number of nitriles is 1. The van der Waals surface area contributed by atoms with Gasteiger partial charge >= 0.3 is 0 Å². The molecule has 2 N–H and O–H groups in total. The second kappa shape index (κ2) is 6.57. The molecule has 0 bridgehead atoms. The van der Waals surface area contributed by atoms with Gasteiger partial charge in [-0.1, -0.05) is 35.5 Å². The third-order valence-corrected chi connectivity index (χ3v) is 1.93. The minimum absolute atomic E-state index is 0.258. The van der Waals surface area contributed by atoms with Crippen LogP contribution in [0, 0.1) is 11.3 Å². The zero-order valence-corrected chi connectivity index (χ0v) is 8.35. The summed E-state index contributed by atoms with van der Waals surface area (Å²) in [5.74, 6) is 0. The van der Waals surface area contributed by atoms with E-state index in [1.165, 1.54) is 0 Å². The molecule has 0 aliphatic carbocycles. The summed E-state index contributed by atoms with van der Waals surface area (Å²) in [6.45, 7) is 0.687. The average Bonchev–Trinajstić information content (AvgIpc) is 2.29. The number of nitrogens with zero attached hydrogens (tertiary/aromatic N) is 2. The first kappa shape index (κ1) is 11.2. The fourth-order valence-corrected chi connectivity index (χ4v) is 1.23. The molecule has 0 atom stereocenters. The van der Waals surface area contributed by atoms with Crippen molar-refractivity contribution in [2.24, 2.45) is 5.16 Å². The highest BCUT2D eigenvalue weighted by Crippen LogP contribution is 2.00. The molecule has 0 radical (unpaired) electrons. The fraction of sp³-hybridized carbons (Fsp3) is 0.273. The monoisotopic (exact) mass is 203 g/mol. The SMILES string of the molecule is N#CCNCC(Cc1ccccc1)=NO. The van der Waals surface area contributed by atoms with Gasteiger partial charge in [0.15, 0.2) is 0 Å². The van der Waals surface area contributed by atoms with Crippen molar-refractivity contribution in [2.75, 3.05) is 13.1 Å². The highest BCUT2D eigenvalue weighted by Gasteiger charge is 2.01. The van der Waals surface area contributed by atoms with Crippen molar-refractivity contribution >= 4 is 5.71 Å². The first-order valence-corrected chi connectivity index (χ1v) is 4.68. The van der Waals surface area contributed by atoms with Crippen molar-refractivity contribution in [3.05, 3.63) is 35.9 Å². The van der Waals surface area contributed by atoms with Crippen LogP contribution in [0.5, 0.6) is 0 Å². The molecule has 0 heterocycles. The van der Waals surface area contributed by atoms with E-state index in [1.807, 2.05) is 36.4 Å². The van der Waals surface area contributed by atoms with Crippen LogP contribution in [-0.2, 0) is 6.42 Å². The predicted octanol–water partition coefficient (Wildman–Crippen LogP) is 1.17. The molecule has 1 aromatic carbocycles. The van der Waals surface area contributed by atoms with E-state index in [1.54, 1.807) is 0 Å². The van der Waals surface area contributed by atoms with Gasteiger partial charge in [0.1, 0.15) is 0 Å². The van der Waals surface area contributed by atoms with Crippen LogP contribution in [0.3, 0.4) is 0 Å². The van der Waals surface area contributed by atoms with E-state index in [2.05, 4.69) is 10.5 Å². The summed E-state index contributed by atoms with van der Waals surface area (Å²) in [6, 6.07) is 11.7. The Morgan fingerprint density at radius 3 is 2.73 bits per heavy atom. The topological polar surface area (TPSA) is 68.4 Å². The van der Waals surface area contributed by atoms with Crippen molar-refractivity contribution in [1.82, 2.24) is 5.32 Å². The maximum atomic E-state index is 8.75. The smallest absolute Gasteiger partial charge is 0.0844 e. The molecule has 78 valence electrons. The van der Waals surface area contributed by atoms with Crippen LogP contribution < -0.4 is 5.32 Å². The Kier molecular flexibility index (Phi) is 4.91. The molecule has 15 heavy (non-hydrogen) atoms. The van der Waals surface area contributed by atoms with E-state index in [4.69, 9.17) is 10.5 Å². The van der Waals surface area contributed by atoms with Gasteiger partial charge in [0.05, 0.1) is 18.3 Å². The van der Waals surface area contributed by atoms with Crippen LogP contribution in [0.2, 0.25) is 0 Å². The minimum Gasteiger partial charge on any atom is -0.411 e. The van der Waals surface area contributed by atoms with Gasteiger partial charge in [-0.2, -0.15) is 5.26 Å². The number of hydrogen-bond acceptors (Lipinski definition) is 4. The van der Waals surface area contributed by atoms with Crippen LogP contribution >= 0.6 is 0 Å². The molecule has 0 aliphatic heterocycles. The molecule has 0 saturated carbocycles. The molecule has 0 saturated heterocycles. The largest absolute Gasteiger partial charge is 0.411 e. The molecule has 4 heteroatoms. The number of oxime groups is 1. The van der Waals surface area contributed by atoms with Crippen LogP contribution in [0.4, 0.5) is 0 Å². The molecular formula is C11H13N3O. The third-order valence-electron chi connectivity index (χ3n) is 1.93. The Morgan fingerprint density at radius 2 is 2.13 bits per heavy atom. The Balaban J connectivity index is 2.45. The van der Waals surface area contributed by atoms with Crippen molar-refractivity contribution < 1.29 is 5.21 Å². The second-order valence-corrected chi connectivity index (χ2v) is 3.09. The summed E-state index contributed by atoms with van der Waals surface area (Å²) in [4.78, 5) is 0. The standard InChI is InChI=1S/C11H13N3O/c12-6-7-13-9-11(14-15)8-10-4-2-1-3-5-10/h1-5,13,15H,7-9H2. The second-order valence-electron chi connectivity index (χ2n) is 3.09. The molecule has 0 unspecified atom stereocenters. The molecule has 0 amide bonds. The van der Waals surface area contributed by atoms with Crippen molar-refractivity contribution in [2.45, 2.75) is 6.42 Å². The highest BCUT2D eigenvalue weighted by atomic mass is 16.4. The summed E-state index contributed by atoms with van der Waals surface area (Å²) in [7, 11) is 0. The Morgan fingerprint density at radius 1 is 1.40 bits per heavy atom. The first-order chi connectivity index (χ1) is 7.36. The van der Waals surface area contributed by atoms with Gasteiger partial charge in [0.2, 0.25) is 0 Å². The van der Waals surface area contributed by atoms with Crippen LogP contribution in [0.15, 0.2) is 35.5 Å². The Bertz CT molecular complexity index is 354. The van der Waals surface area contributed by atoms with Gasteiger partial charge in [-0.25, -0.2) is 0 Å². The molecule has 0 aromatic heterocycles. The van der Waals surface area contributed by atoms with E-state index in [-0.39, 0.29) is 6.54 Å². The van der Waals surface area contributed by atoms with E-state index >= 15 is 0 Å². The van der Waals surface area contributed by atoms with E-state index in [0.717, 1.165) is 5.56 Å².